The number of hydrogen-bond donors (Lipinski definition) is 8. The van der Waals surface area contributed by atoms with Crippen LogP contribution in [0.3, 0.4) is 0 Å². The minimum Gasteiger partial charge on any atom is -0.396 e. The van der Waals surface area contributed by atoms with E-state index < -0.39 is 29.3 Å². The molecule has 0 rings (SSSR count). The fourth-order valence-corrected chi connectivity index (χ4v) is 3.00. The van der Waals surface area contributed by atoms with Gasteiger partial charge in [-0.25, -0.2) is 4.79 Å². The summed E-state index contributed by atoms with van der Waals surface area (Å²) in [5.74, 6) is -1.57. The summed E-state index contributed by atoms with van der Waals surface area (Å²) in [5, 5.41) is 61.4. The van der Waals surface area contributed by atoms with Crippen molar-refractivity contribution in [3.63, 3.8) is 0 Å². The number of amides is 2. The number of urea groups is 1. The van der Waals surface area contributed by atoms with Crippen LogP contribution in [-0.2, 0) is 19.0 Å². The number of carbonyl (C=O) groups is 2. The number of aliphatic hydroxyl groups is 6. The molecule has 0 unspecified atom stereocenters. The van der Waals surface area contributed by atoms with Gasteiger partial charge in [-0.15, -0.1) is 0 Å². The van der Waals surface area contributed by atoms with Crippen LogP contribution < -0.4 is 10.6 Å². The number of aliphatic hydroxyl groups excluding tert-OH is 6. The zero-order chi connectivity index (χ0) is 27.1. The second-order valence-electron chi connectivity index (χ2n) is 8.92. The SMILES string of the molecule is O=CCCCCCNC(=O)NC(COCC(CO)CO)(COCC(CO)CO)COCC(CO)CO. The van der Waals surface area contributed by atoms with Crippen molar-refractivity contribution < 1.29 is 54.4 Å². The molecule has 0 heterocycles. The molecule has 0 saturated heterocycles. The van der Waals surface area contributed by atoms with Gasteiger partial charge >= 0.3 is 6.03 Å². The molecule has 0 bridgehead atoms. The molecule has 0 aromatic rings. The molecule has 36 heavy (non-hydrogen) atoms. The Labute approximate surface area is 212 Å². The fourth-order valence-electron chi connectivity index (χ4n) is 3.00. The van der Waals surface area contributed by atoms with Crippen molar-refractivity contribution in [2.75, 3.05) is 85.8 Å². The zero-order valence-corrected chi connectivity index (χ0v) is 21.1. The van der Waals surface area contributed by atoms with E-state index in [1.807, 2.05) is 0 Å². The Bertz CT molecular complexity index is 485. The van der Waals surface area contributed by atoms with E-state index in [0.29, 0.717) is 19.4 Å². The predicted molar refractivity (Wildman–Crippen MR) is 129 cm³/mol. The number of nitrogens with one attached hydrogen (secondary N) is 2. The van der Waals surface area contributed by atoms with E-state index in [0.717, 1.165) is 19.1 Å². The Hall–Kier alpha value is -1.42. The number of unbranched alkanes of at least 4 members (excludes halogenated alkanes) is 3. The highest BCUT2D eigenvalue weighted by Gasteiger charge is 2.34. The van der Waals surface area contributed by atoms with E-state index in [-0.39, 0.29) is 79.3 Å². The molecule has 0 aliphatic heterocycles. The van der Waals surface area contributed by atoms with Crippen molar-refractivity contribution in [1.82, 2.24) is 10.6 Å². The van der Waals surface area contributed by atoms with Crippen LogP contribution in [0, 0.1) is 17.8 Å². The third kappa shape index (κ3) is 16.3. The Kier molecular flexibility index (Phi) is 21.9. The smallest absolute Gasteiger partial charge is 0.315 e. The van der Waals surface area contributed by atoms with Gasteiger partial charge in [0.1, 0.15) is 11.8 Å². The molecule has 0 aliphatic rings. The number of aldehydes is 1. The first kappa shape index (κ1) is 34.6. The van der Waals surface area contributed by atoms with Crippen LogP contribution in [0.25, 0.3) is 0 Å². The topological polar surface area (TPSA) is 207 Å². The van der Waals surface area contributed by atoms with Gasteiger partial charge in [0.15, 0.2) is 0 Å². The van der Waals surface area contributed by atoms with E-state index in [1.165, 1.54) is 0 Å². The third-order valence-corrected chi connectivity index (χ3v) is 5.41. The van der Waals surface area contributed by atoms with E-state index in [1.54, 1.807) is 0 Å². The van der Waals surface area contributed by atoms with Crippen LogP contribution in [0.5, 0.6) is 0 Å². The molecule has 0 aliphatic carbocycles. The molecular formula is C23H46N2O11. The van der Waals surface area contributed by atoms with Crippen molar-refractivity contribution >= 4 is 12.3 Å². The van der Waals surface area contributed by atoms with E-state index >= 15 is 0 Å². The zero-order valence-electron chi connectivity index (χ0n) is 21.1. The maximum Gasteiger partial charge on any atom is 0.315 e. The normalized spacial score (nSPS) is 12.0. The molecule has 0 spiro atoms. The van der Waals surface area contributed by atoms with Gasteiger partial charge in [-0.05, 0) is 12.8 Å². The van der Waals surface area contributed by atoms with E-state index in [9.17, 15) is 40.2 Å². The summed E-state index contributed by atoms with van der Waals surface area (Å²) in [4.78, 5) is 23.1. The lowest BCUT2D eigenvalue weighted by Gasteiger charge is -2.35. The van der Waals surface area contributed by atoms with Crippen molar-refractivity contribution in [1.29, 1.82) is 0 Å². The number of ether oxygens (including phenoxy) is 3. The summed E-state index contributed by atoms with van der Waals surface area (Å²) in [6.07, 6.45) is 3.50. The van der Waals surface area contributed by atoms with Gasteiger partial charge in [-0.3, -0.25) is 0 Å². The largest absolute Gasteiger partial charge is 0.396 e. The van der Waals surface area contributed by atoms with Gasteiger partial charge < -0.3 is 60.3 Å². The summed E-state index contributed by atoms with van der Waals surface area (Å²) < 4.78 is 17.0. The second kappa shape index (κ2) is 22.8. The molecule has 214 valence electrons. The number of hydrogen-bond acceptors (Lipinski definition) is 11. The molecule has 0 aromatic heterocycles. The lowest BCUT2D eigenvalue weighted by Crippen LogP contribution is -2.61. The average Bonchev–Trinajstić information content (AvgIpc) is 2.89. The Balaban J connectivity index is 5.35. The molecule has 8 N–H and O–H groups in total. The van der Waals surface area contributed by atoms with Gasteiger partial charge in [-0.2, -0.15) is 0 Å². The van der Waals surface area contributed by atoms with Crippen LogP contribution >= 0.6 is 0 Å². The first-order chi connectivity index (χ1) is 17.4. The van der Waals surface area contributed by atoms with Gasteiger partial charge in [0, 0.05) is 30.7 Å². The number of carbonyl (C=O) groups excluding carboxylic acids is 2. The van der Waals surface area contributed by atoms with Crippen LogP contribution in [0.1, 0.15) is 25.7 Å². The van der Waals surface area contributed by atoms with E-state index in [4.69, 9.17) is 14.2 Å². The standard InChI is InChI=1S/C23H46N2O11/c26-6-4-2-1-3-5-24-22(33)25-23(16-34-13-19(7-27)8-28,17-35-14-20(9-29)10-30)18-36-15-21(11-31)12-32/h6,19-21,27-32H,1-5,7-18H2,(H2,24,25,33). The second-order valence-corrected chi connectivity index (χ2v) is 8.92. The predicted octanol–water partition coefficient (Wildman–Crippen LogP) is -2.36. The average molecular weight is 527 g/mol. The first-order valence-corrected chi connectivity index (χ1v) is 12.3. The fraction of sp³-hybridized carbons (Fsp3) is 0.913. The first-order valence-electron chi connectivity index (χ1n) is 12.3. The number of rotatable bonds is 25. The lowest BCUT2D eigenvalue weighted by molar-refractivity contribution is -0.107. The highest BCUT2D eigenvalue weighted by molar-refractivity contribution is 5.74. The summed E-state index contributed by atoms with van der Waals surface area (Å²) in [7, 11) is 0. The van der Waals surface area contributed by atoms with Crippen molar-refractivity contribution in [2.24, 2.45) is 17.8 Å². The van der Waals surface area contributed by atoms with Crippen molar-refractivity contribution in [2.45, 2.75) is 31.2 Å². The molecule has 0 aromatic carbocycles. The molecule has 0 saturated carbocycles. The quantitative estimate of drug-likeness (QED) is 0.0466. The van der Waals surface area contributed by atoms with Crippen LogP contribution in [0.15, 0.2) is 0 Å². The van der Waals surface area contributed by atoms with Crippen LogP contribution in [-0.4, -0.2) is 134 Å². The van der Waals surface area contributed by atoms with E-state index in [2.05, 4.69) is 10.6 Å². The molecular weight excluding hydrogens is 480 g/mol. The molecule has 13 nitrogen and oxygen atoms in total. The Morgan fingerprint density at radius 2 is 1.11 bits per heavy atom. The highest BCUT2D eigenvalue weighted by Crippen LogP contribution is 2.12. The Morgan fingerprint density at radius 1 is 0.694 bits per heavy atom. The monoisotopic (exact) mass is 526 g/mol. The molecule has 0 radical (unpaired) electrons. The summed E-state index contributed by atoms with van der Waals surface area (Å²) in [6, 6.07) is -0.524. The van der Waals surface area contributed by atoms with Gasteiger partial charge in [0.05, 0.1) is 79.3 Å². The molecule has 13 heteroatoms. The van der Waals surface area contributed by atoms with Gasteiger partial charge in [-0.1, -0.05) is 6.42 Å². The molecule has 0 atom stereocenters. The lowest BCUT2D eigenvalue weighted by atomic mass is 10.0. The molecule has 2 amide bonds. The maximum absolute atomic E-state index is 12.7. The minimum absolute atomic E-state index is 0.000586. The van der Waals surface area contributed by atoms with Crippen molar-refractivity contribution in [3.8, 4) is 0 Å². The summed E-state index contributed by atoms with van der Waals surface area (Å²) in [5.41, 5.74) is -1.25. The maximum atomic E-state index is 12.7. The highest BCUT2D eigenvalue weighted by atomic mass is 16.5. The van der Waals surface area contributed by atoms with Crippen molar-refractivity contribution in [3.05, 3.63) is 0 Å². The summed E-state index contributed by atoms with van der Waals surface area (Å²) in [6.45, 7) is -1.76. The van der Waals surface area contributed by atoms with Crippen LogP contribution in [0.2, 0.25) is 0 Å². The molecule has 0 fully saturated rings. The third-order valence-electron chi connectivity index (χ3n) is 5.41. The van der Waals surface area contributed by atoms with Crippen LogP contribution in [0.4, 0.5) is 4.79 Å². The minimum atomic E-state index is -1.25. The van der Waals surface area contributed by atoms with Gasteiger partial charge in [0.25, 0.3) is 0 Å². The van der Waals surface area contributed by atoms with Gasteiger partial charge in [0.2, 0.25) is 0 Å². The summed E-state index contributed by atoms with van der Waals surface area (Å²) >= 11 is 0. The Morgan fingerprint density at radius 3 is 1.47 bits per heavy atom.